The van der Waals surface area contributed by atoms with Crippen LogP contribution in [0.2, 0.25) is 0 Å². The van der Waals surface area contributed by atoms with Gasteiger partial charge in [-0.3, -0.25) is 9.88 Å². The molecule has 0 N–H and O–H groups in total. The first-order valence-electron chi connectivity index (χ1n) is 8.89. The summed E-state index contributed by atoms with van der Waals surface area (Å²) >= 11 is 0. The van der Waals surface area contributed by atoms with Gasteiger partial charge in [0.15, 0.2) is 5.58 Å². The van der Waals surface area contributed by atoms with Crippen molar-refractivity contribution in [3.8, 4) is 0 Å². The van der Waals surface area contributed by atoms with E-state index in [0.29, 0.717) is 0 Å². The molecule has 1 aliphatic heterocycles. The molecule has 0 spiro atoms. The van der Waals surface area contributed by atoms with Gasteiger partial charge in [0.05, 0.1) is 17.2 Å². The third-order valence-corrected chi connectivity index (χ3v) is 4.96. The first-order chi connectivity index (χ1) is 12.9. The first kappa shape index (κ1) is 15.3. The van der Waals surface area contributed by atoms with E-state index in [1.807, 2.05) is 48.7 Å². The maximum atomic E-state index is 5.42. The normalized spacial score (nSPS) is 15.8. The van der Waals surface area contributed by atoms with Gasteiger partial charge in [-0.15, -0.1) is 0 Å². The van der Waals surface area contributed by atoms with E-state index in [1.54, 1.807) is 0 Å². The van der Waals surface area contributed by atoms with Crippen LogP contribution < -0.4 is 4.90 Å². The van der Waals surface area contributed by atoms with Gasteiger partial charge in [0.25, 0.3) is 0 Å². The largest absolute Gasteiger partial charge is 0.356 e. The zero-order chi connectivity index (χ0) is 17.3. The second-order valence-corrected chi connectivity index (χ2v) is 6.61. The number of hydrogen-bond donors (Lipinski definition) is 0. The van der Waals surface area contributed by atoms with Crippen LogP contribution in [0.1, 0.15) is 5.69 Å². The molecule has 2 aromatic carbocycles. The van der Waals surface area contributed by atoms with E-state index in [0.717, 1.165) is 66.2 Å². The number of piperazine rings is 1. The predicted molar refractivity (Wildman–Crippen MR) is 101 cm³/mol. The molecule has 3 heterocycles. The maximum Gasteiger partial charge on any atom is 0.167 e. The Morgan fingerprint density at radius 2 is 1.65 bits per heavy atom. The van der Waals surface area contributed by atoms with Gasteiger partial charge in [0.2, 0.25) is 0 Å². The van der Waals surface area contributed by atoms with Gasteiger partial charge in [-0.2, -0.15) is 0 Å². The molecule has 0 unspecified atom stereocenters. The Morgan fingerprint density at radius 1 is 0.885 bits per heavy atom. The van der Waals surface area contributed by atoms with Gasteiger partial charge in [0.1, 0.15) is 11.5 Å². The number of benzene rings is 2. The molecule has 6 nitrogen and oxygen atoms in total. The van der Waals surface area contributed by atoms with Crippen molar-refractivity contribution in [3.05, 3.63) is 60.4 Å². The highest BCUT2D eigenvalue weighted by molar-refractivity contribution is 5.79. The van der Waals surface area contributed by atoms with Gasteiger partial charge in [-0.25, -0.2) is 4.98 Å². The summed E-state index contributed by atoms with van der Waals surface area (Å²) in [6.07, 6.45) is 1.88. The van der Waals surface area contributed by atoms with Crippen LogP contribution in [0.15, 0.2) is 59.3 Å². The second kappa shape index (κ2) is 6.38. The fourth-order valence-electron chi connectivity index (χ4n) is 3.50. The molecular weight excluding hydrogens is 326 g/mol. The number of fused-ring (bicyclic) bond motifs is 2. The van der Waals surface area contributed by atoms with Crippen LogP contribution >= 0.6 is 0 Å². The van der Waals surface area contributed by atoms with Gasteiger partial charge in [-0.05, 0) is 24.3 Å². The monoisotopic (exact) mass is 345 g/mol. The quantitative estimate of drug-likeness (QED) is 0.569. The molecule has 0 radical (unpaired) electrons. The third kappa shape index (κ3) is 2.78. The summed E-state index contributed by atoms with van der Waals surface area (Å²) in [6.45, 7) is 4.62. The van der Waals surface area contributed by atoms with Crippen molar-refractivity contribution >= 4 is 27.8 Å². The molecule has 26 heavy (non-hydrogen) atoms. The molecule has 0 bridgehead atoms. The molecule has 6 heteroatoms. The van der Waals surface area contributed by atoms with Crippen molar-refractivity contribution in [1.29, 1.82) is 0 Å². The highest BCUT2D eigenvalue weighted by atomic mass is 16.5. The zero-order valence-corrected chi connectivity index (χ0v) is 14.4. The summed E-state index contributed by atoms with van der Waals surface area (Å²) in [6, 6.07) is 16.0. The number of hydrogen-bond acceptors (Lipinski definition) is 6. The molecule has 130 valence electrons. The number of aromatic nitrogens is 3. The standard InChI is InChI=1S/C20H19N5O/c1-4-8-19-15(5-1)18(23-26-19)14-24-9-11-25(12-10-24)20-13-21-16-6-2-3-7-17(16)22-20/h1-8,13H,9-12,14H2. The lowest BCUT2D eigenvalue weighted by molar-refractivity contribution is 0.243. The Bertz CT molecular complexity index is 1050. The summed E-state index contributed by atoms with van der Waals surface area (Å²) in [7, 11) is 0. The smallest absolute Gasteiger partial charge is 0.167 e. The maximum absolute atomic E-state index is 5.42. The van der Waals surface area contributed by atoms with Crippen molar-refractivity contribution < 1.29 is 4.52 Å². The average molecular weight is 345 g/mol. The molecule has 0 amide bonds. The van der Waals surface area contributed by atoms with E-state index in [2.05, 4.69) is 26.0 Å². The molecule has 1 fully saturated rings. The van der Waals surface area contributed by atoms with Crippen molar-refractivity contribution in [1.82, 2.24) is 20.0 Å². The topological polar surface area (TPSA) is 58.3 Å². The van der Waals surface area contributed by atoms with E-state index in [-0.39, 0.29) is 0 Å². The van der Waals surface area contributed by atoms with Crippen LogP contribution in [0.25, 0.3) is 22.0 Å². The Labute approximate surface area is 151 Å². The number of para-hydroxylation sites is 3. The van der Waals surface area contributed by atoms with Crippen LogP contribution in [0.3, 0.4) is 0 Å². The minimum Gasteiger partial charge on any atom is -0.356 e. The lowest BCUT2D eigenvalue weighted by Crippen LogP contribution is -2.46. The minimum absolute atomic E-state index is 0.814. The van der Waals surface area contributed by atoms with Crippen LogP contribution in [0, 0.1) is 0 Å². The Hall–Kier alpha value is -2.99. The van der Waals surface area contributed by atoms with Crippen LogP contribution in [0.4, 0.5) is 5.82 Å². The lowest BCUT2D eigenvalue weighted by atomic mass is 10.2. The van der Waals surface area contributed by atoms with Crippen molar-refractivity contribution in [3.63, 3.8) is 0 Å². The van der Waals surface area contributed by atoms with E-state index in [4.69, 9.17) is 9.51 Å². The van der Waals surface area contributed by atoms with E-state index >= 15 is 0 Å². The molecule has 1 aliphatic rings. The van der Waals surface area contributed by atoms with Crippen molar-refractivity contribution in [2.24, 2.45) is 0 Å². The van der Waals surface area contributed by atoms with E-state index in [9.17, 15) is 0 Å². The second-order valence-electron chi connectivity index (χ2n) is 6.61. The molecule has 0 atom stereocenters. The Balaban J connectivity index is 1.28. The molecular formula is C20H19N5O. The molecule has 5 rings (SSSR count). The van der Waals surface area contributed by atoms with E-state index in [1.165, 1.54) is 0 Å². The summed E-state index contributed by atoms with van der Waals surface area (Å²) in [4.78, 5) is 14.0. The molecule has 0 saturated carbocycles. The number of nitrogens with zero attached hydrogens (tertiary/aromatic N) is 5. The third-order valence-electron chi connectivity index (χ3n) is 4.96. The highest BCUT2D eigenvalue weighted by Gasteiger charge is 2.20. The van der Waals surface area contributed by atoms with Gasteiger partial charge in [-0.1, -0.05) is 29.4 Å². The molecule has 1 saturated heterocycles. The van der Waals surface area contributed by atoms with E-state index < -0.39 is 0 Å². The summed E-state index contributed by atoms with van der Waals surface area (Å²) in [5.41, 5.74) is 3.75. The number of rotatable bonds is 3. The fourth-order valence-corrected chi connectivity index (χ4v) is 3.50. The Morgan fingerprint density at radius 3 is 2.54 bits per heavy atom. The Kier molecular flexibility index (Phi) is 3.75. The number of anilines is 1. The van der Waals surface area contributed by atoms with Gasteiger partial charge >= 0.3 is 0 Å². The average Bonchev–Trinajstić information content (AvgIpc) is 3.11. The predicted octanol–water partition coefficient (Wildman–Crippen LogP) is 3.09. The van der Waals surface area contributed by atoms with Crippen LogP contribution in [0.5, 0.6) is 0 Å². The summed E-state index contributed by atoms with van der Waals surface area (Å²) in [5.74, 6) is 0.954. The summed E-state index contributed by atoms with van der Waals surface area (Å²) < 4.78 is 5.42. The first-order valence-corrected chi connectivity index (χ1v) is 8.89. The van der Waals surface area contributed by atoms with Crippen LogP contribution in [-0.2, 0) is 6.54 Å². The highest BCUT2D eigenvalue weighted by Crippen LogP contribution is 2.21. The van der Waals surface area contributed by atoms with Gasteiger partial charge < -0.3 is 9.42 Å². The molecule has 4 aromatic rings. The van der Waals surface area contributed by atoms with Crippen LogP contribution in [-0.4, -0.2) is 46.2 Å². The summed E-state index contributed by atoms with van der Waals surface area (Å²) in [5, 5.41) is 5.35. The zero-order valence-electron chi connectivity index (χ0n) is 14.4. The molecule has 2 aromatic heterocycles. The molecule has 0 aliphatic carbocycles. The van der Waals surface area contributed by atoms with Gasteiger partial charge in [0, 0.05) is 38.1 Å². The lowest BCUT2D eigenvalue weighted by Gasteiger charge is -2.34. The van der Waals surface area contributed by atoms with Crippen molar-refractivity contribution in [2.45, 2.75) is 6.54 Å². The van der Waals surface area contributed by atoms with Crippen molar-refractivity contribution in [2.75, 3.05) is 31.1 Å². The SMILES string of the molecule is c1ccc2nc(N3CCN(Cc4noc5ccccc45)CC3)cnc2c1. The minimum atomic E-state index is 0.814. The fraction of sp³-hybridized carbons (Fsp3) is 0.250.